The Bertz CT molecular complexity index is 592. The summed E-state index contributed by atoms with van der Waals surface area (Å²) in [6.45, 7) is 0.747. The van der Waals surface area contributed by atoms with Crippen molar-refractivity contribution < 1.29 is 9.53 Å². The number of amides is 1. The van der Waals surface area contributed by atoms with Gasteiger partial charge in [-0.1, -0.05) is 12.1 Å². The molecule has 0 spiro atoms. The number of rotatable bonds is 8. The van der Waals surface area contributed by atoms with Crippen molar-refractivity contribution in [2.45, 2.75) is 44.2 Å². The Morgan fingerprint density at radius 2 is 2.00 bits per heavy atom. The molecule has 130 valence electrons. The largest absolute Gasteiger partial charge is 0.484 e. The minimum atomic E-state index is -0.0498. The first-order valence-electron chi connectivity index (χ1n) is 8.65. The standard InChI is InChI=1S/C18H26N4O2/c1-22(15-6-7-15)18(19)20-11-10-13-2-8-16(9-3-13)24-12-17(23)21-14-4-5-14/h2-3,8-9,14-15H,4-7,10-12H2,1H3,(H2,19,20)(H,21,23). The molecule has 3 N–H and O–H groups in total. The van der Waals surface area contributed by atoms with Crippen molar-refractivity contribution in [1.29, 1.82) is 0 Å². The van der Waals surface area contributed by atoms with Gasteiger partial charge in [0, 0.05) is 25.7 Å². The third kappa shape index (κ3) is 5.15. The molecule has 2 fully saturated rings. The first kappa shape index (κ1) is 16.6. The molecular formula is C18H26N4O2. The third-order valence-corrected chi connectivity index (χ3v) is 4.37. The maximum absolute atomic E-state index is 11.6. The summed E-state index contributed by atoms with van der Waals surface area (Å²) in [6, 6.07) is 8.75. The predicted octanol–water partition coefficient (Wildman–Crippen LogP) is 1.30. The number of hydrogen-bond donors (Lipinski definition) is 2. The van der Waals surface area contributed by atoms with Crippen LogP contribution in [0.1, 0.15) is 31.2 Å². The first-order chi connectivity index (χ1) is 11.6. The molecule has 1 aromatic rings. The van der Waals surface area contributed by atoms with E-state index in [1.54, 1.807) is 0 Å². The lowest BCUT2D eigenvalue weighted by atomic mass is 10.1. The molecular weight excluding hydrogens is 304 g/mol. The zero-order valence-corrected chi connectivity index (χ0v) is 14.2. The van der Waals surface area contributed by atoms with Crippen molar-refractivity contribution in [1.82, 2.24) is 10.2 Å². The van der Waals surface area contributed by atoms with E-state index in [1.165, 1.54) is 18.4 Å². The number of guanidine groups is 1. The van der Waals surface area contributed by atoms with Crippen LogP contribution >= 0.6 is 0 Å². The molecule has 3 rings (SSSR count). The van der Waals surface area contributed by atoms with Gasteiger partial charge in [-0.05, 0) is 49.8 Å². The van der Waals surface area contributed by atoms with Crippen LogP contribution in [0.4, 0.5) is 0 Å². The van der Waals surface area contributed by atoms with Crippen molar-refractivity contribution in [2.24, 2.45) is 10.7 Å². The Hall–Kier alpha value is -2.24. The summed E-state index contributed by atoms with van der Waals surface area (Å²) in [5.41, 5.74) is 7.15. The summed E-state index contributed by atoms with van der Waals surface area (Å²) in [7, 11) is 2.00. The second-order valence-electron chi connectivity index (χ2n) is 6.61. The minimum Gasteiger partial charge on any atom is -0.484 e. The Kier molecular flexibility index (Phi) is 5.23. The lowest BCUT2D eigenvalue weighted by molar-refractivity contribution is -0.123. The average Bonchev–Trinajstić information content (AvgIpc) is 3.46. The van der Waals surface area contributed by atoms with E-state index in [1.807, 2.05) is 31.3 Å². The highest BCUT2D eigenvalue weighted by molar-refractivity contribution is 5.78. The molecule has 0 heterocycles. The molecule has 6 heteroatoms. The van der Waals surface area contributed by atoms with E-state index in [-0.39, 0.29) is 12.5 Å². The molecule has 0 aliphatic heterocycles. The molecule has 2 aliphatic carbocycles. The molecule has 0 radical (unpaired) electrons. The van der Waals surface area contributed by atoms with Gasteiger partial charge in [0.1, 0.15) is 5.75 Å². The topological polar surface area (TPSA) is 79.9 Å². The van der Waals surface area contributed by atoms with Gasteiger partial charge in [-0.3, -0.25) is 9.79 Å². The molecule has 2 saturated carbocycles. The number of nitrogens with two attached hydrogens (primary N) is 1. The van der Waals surface area contributed by atoms with E-state index in [2.05, 4.69) is 15.2 Å². The van der Waals surface area contributed by atoms with Gasteiger partial charge in [-0.15, -0.1) is 0 Å². The lowest BCUT2D eigenvalue weighted by Gasteiger charge is -2.16. The van der Waals surface area contributed by atoms with E-state index >= 15 is 0 Å². The Morgan fingerprint density at radius 1 is 1.29 bits per heavy atom. The number of benzene rings is 1. The van der Waals surface area contributed by atoms with Crippen molar-refractivity contribution >= 4 is 11.9 Å². The van der Waals surface area contributed by atoms with Crippen molar-refractivity contribution in [3.05, 3.63) is 29.8 Å². The van der Waals surface area contributed by atoms with Gasteiger partial charge in [-0.2, -0.15) is 0 Å². The summed E-state index contributed by atoms with van der Waals surface area (Å²) in [4.78, 5) is 18.1. The number of hydrogen-bond acceptors (Lipinski definition) is 3. The fourth-order valence-electron chi connectivity index (χ4n) is 2.46. The van der Waals surface area contributed by atoms with Crippen LogP contribution in [0.15, 0.2) is 29.3 Å². The van der Waals surface area contributed by atoms with Crippen molar-refractivity contribution in [3.8, 4) is 5.75 Å². The Balaban J connectivity index is 1.39. The van der Waals surface area contributed by atoms with Gasteiger partial charge in [-0.25, -0.2) is 0 Å². The zero-order chi connectivity index (χ0) is 16.9. The highest BCUT2D eigenvalue weighted by Crippen LogP contribution is 2.24. The van der Waals surface area contributed by atoms with E-state index < -0.39 is 0 Å². The number of aliphatic imine (C=N–C) groups is 1. The quantitative estimate of drug-likeness (QED) is 0.556. The average molecular weight is 330 g/mol. The number of nitrogens with zero attached hydrogens (tertiary/aromatic N) is 2. The maximum Gasteiger partial charge on any atom is 0.258 e. The van der Waals surface area contributed by atoms with Gasteiger partial charge in [0.05, 0.1) is 0 Å². The summed E-state index contributed by atoms with van der Waals surface area (Å²) in [5, 5.41) is 2.90. The maximum atomic E-state index is 11.6. The summed E-state index contributed by atoms with van der Waals surface area (Å²) < 4.78 is 5.49. The van der Waals surface area contributed by atoms with Crippen LogP contribution in [-0.4, -0.2) is 49.0 Å². The molecule has 2 aliphatic rings. The van der Waals surface area contributed by atoms with Crippen LogP contribution in [0, 0.1) is 0 Å². The molecule has 0 aromatic heterocycles. The van der Waals surface area contributed by atoms with Crippen LogP contribution in [0.2, 0.25) is 0 Å². The molecule has 1 amide bonds. The Labute approximate surface area is 143 Å². The molecule has 24 heavy (non-hydrogen) atoms. The van der Waals surface area contributed by atoms with E-state index in [4.69, 9.17) is 10.5 Å². The third-order valence-electron chi connectivity index (χ3n) is 4.37. The molecule has 0 bridgehead atoms. The first-order valence-corrected chi connectivity index (χ1v) is 8.65. The molecule has 1 aromatic carbocycles. The number of carbonyl (C=O) groups excluding carboxylic acids is 1. The van der Waals surface area contributed by atoms with Gasteiger partial charge >= 0.3 is 0 Å². The van der Waals surface area contributed by atoms with Crippen LogP contribution in [0.25, 0.3) is 0 Å². The SMILES string of the molecule is CN(C(N)=NCCc1ccc(OCC(=O)NC2CC2)cc1)C1CC1. The Morgan fingerprint density at radius 3 is 2.62 bits per heavy atom. The van der Waals surface area contributed by atoms with Gasteiger partial charge in [0.15, 0.2) is 12.6 Å². The lowest BCUT2D eigenvalue weighted by Crippen LogP contribution is -2.35. The molecule has 6 nitrogen and oxygen atoms in total. The van der Waals surface area contributed by atoms with Crippen LogP contribution in [0.5, 0.6) is 5.75 Å². The van der Waals surface area contributed by atoms with Gasteiger partial charge in [0.25, 0.3) is 5.91 Å². The molecule has 0 unspecified atom stereocenters. The van der Waals surface area contributed by atoms with E-state index in [0.717, 1.165) is 19.3 Å². The highest BCUT2D eigenvalue weighted by Gasteiger charge is 2.27. The normalized spacial score (nSPS) is 17.5. The monoisotopic (exact) mass is 330 g/mol. The zero-order valence-electron chi connectivity index (χ0n) is 14.2. The summed E-state index contributed by atoms with van der Waals surface area (Å²) in [5.74, 6) is 1.28. The predicted molar refractivity (Wildman–Crippen MR) is 94.1 cm³/mol. The smallest absolute Gasteiger partial charge is 0.258 e. The van der Waals surface area contributed by atoms with E-state index in [9.17, 15) is 4.79 Å². The number of ether oxygens (including phenoxy) is 1. The second kappa shape index (κ2) is 7.55. The fraction of sp³-hybridized carbons (Fsp3) is 0.556. The second-order valence-corrected chi connectivity index (χ2v) is 6.61. The highest BCUT2D eigenvalue weighted by atomic mass is 16.5. The van der Waals surface area contributed by atoms with Crippen LogP contribution in [0.3, 0.4) is 0 Å². The van der Waals surface area contributed by atoms with Crippen molar-refractivity contribution in [2.75, 3.05) is 20.2 Å². The summed E-state index contributed by atoms with van der Waals surface area (Å²) in [6.07, 6.45) is 5.44. The van der Waals surface area contributed by atoms with Crippen molar-refractivity contribution in [3.63, 3.8) is 0 Å². The number of nitrogens with one attached hydrogen (secondary N) is 1. The molecule has 0 saturated heterocycles. The number of carbonyl (C=O) groups is 1. The van der Waals surface area contributed by atoms with Crippen LogP contribution in [-0.2, 0) is 11.2 Å². The summed E-state index contributed by atoms with van der Waals surface area (Å²) >= 11 is 0. The van der Waals surface area contributed by atoms with E-state index in [0.29, 0.717) is 30.3 Å². The van der Waals surface area contributed by atoms with Crippen LogP contribution < -0.4 is 15.8 Å². The fourth-order valence-corrected chi connectivity index (χ4v) is 2.46. The molecule has 0 atom stereocenters. The van der Waals surface area contributed by atoms with Gasteiger partial charge < -0.3 is 20.7 Å². The minimum absolute atomic E-state index is 0.0498. The van der Waals surface area contributed by atoms with Gasteiger partial charge in [0.2, 0.25) is 0 Å².